The third kappa shape index (κ3) is 8.19. The highest BCUT2D eigenvalue weighted by atomic mass is 16.5. The fourth-order valence-electron chi connectivity index (χ4n) is 2.86. The van der Waals surface area contributed by atoms with E-state index >= 15 is 0 Å². The molecule has 6 nitrogen and oxygen atoms in total. The van der Waals surface area contributed by atoms with Crippen molar-refractivity contribution in [3.05, 3.63) is 49.1 Å². The normalized spacial score (nSPS) is 10.1. The number of imidazole rings is 2. The lowest BCUT2D eigenvalue weighted by atomic mass is 10.2. The molecule has 0 radical (unpaired) electrons. The van der Waals surface area contributed by atoms with Gasteiger partial charge in [0.15, 0.2) is 0 Å². The van der Waals surface area contributed by atoms with Gasteiger partial charge >= 0.3 is 0 Å². The van der Waals surface area contributed by atoms with Crippen LogP contribution < -0.4 is 9.47 Å². The summed E-state index contributed by atoms with van der Waals surface area (Å²) in [6, 6.07) is 11.7. The van der Waals surface area contributed by atoms with Crippen LogP contribution in [0.3, 0.4) is 0 Å². The lowest BCUT2D eigenvalue weighted by Crippen LogP contribution is -2.22. The summed E-state index contributed by atoms with van der Waals surface area (Å²) in [6.45, 7) is 14.4. The SMILES string of the molecule is C#CCOc1ccc2c(c1)ncn2C.CC.CC.Cn1cnc2cc(OC(C)(C)C)ccc21. The summed E-state index contributed by atoms with van der Waals surface area (Å²) in [5.74, 6) is 4.05. The van der Waals surface area contributed by atoms with Gasteiger partial charge in [0.25, 0.3) is 0 Å². The fraction of sp³-hybridized carbons (Fsp3) is 0.407. The number of nitrogens with zero attached hydrogens (tertiary/aromatic N) is 4. The maximum absolute atomic E-state index is 5.77. The largest absolute Gasteiger partial charge is 0.488 e. The van der Waals surface area contributed by atoms with E-state index in [0.29, 0.717) is 6.61 Å². The predicted molar refractivity (Wildman–Crippen MR) is 139 cm³/mol. The molecule has 2 aromatic carbocycles. The highest BCUT2D eigenvalue weighted by Crippen LogP contribution is 2.23. The second-order valence-electron chi connectivity index (χ2n) is 7.72. The van der Waals surface area contributed by atoms with Crippen molar-refractivity contribution in [2.24, 2.45) is 14.1 Å². The molecule has 0 saturated heterocycles. The molecule has 0 N–H and O–H groups in total. The number of terminal acetylenes is 1. The second-order valence-corrected chi connectivity index (χ2v) is 7.72. The van der Waals surface area contributed by atoms with Gasteiger partial charge in [-0.05, 0) is 45.0 Å². The van der Waals surface area contributed by atoms with Crippen molar-refractivity contribution in [3.8, 4) is 23.8 Å². The zero-order valence-corrected chi connectivity index (χ0v) is 21.5. The first-order valence-corrected chi connectivity index (χ1v) is 11.3. The van der Waals surface area contributed by atoms with Crippen LogP contribution in [-0.2, 0) is 14.1 Å². The Bertz CT molecular complexity index is 1160. The monoisotopic (exact) mass is 450 g/mol. The molecule has 0 fully saturated rings. The van der Waals surface area contributed by atoms with Gasteiger partial charge in [-0.2, -0.15) is 0 Å². The quantitative estimate of drug-likeness (QED) is 0.339. The Morgan fingerprint density at radius 3 is 1.73 bits per heavy atom. The van der Waals surface area contributed by atoms with Gasteiger partial charge in [-0.3, -0.25) is 0 Å². The Balaban J connectivity index is 0.000000288. The number of hydrogen-bond donors (Lipinski definition) is 0. The summed E-state index contributed by atoms with van der Waals surface area (Å²) in [6.07, 6.45) is 8.68. The minimum absolute atomic E-state index is 0.164. The van der Waals surface area contributed by atoms with Gasteiger partial charge in [-0.1, -0.05) is 33.6 Å². The zero-order valence-electron chi connectivity index (χ0n) is 21.5. The maximum atomic E-state index is 5.77. The first-order chi connectivity index (χ1) is 15.8. The predicted octanol–water partition coefficient (Wildman–Crippen LogP) is 6.39. The summed E-state index contributed by atoms with van der Waals surface area (Å²) < 4.78 is 15.0. The van der Waals surface area contributed by atoms with Crippen molar-refractivity contribution in [3.63, 3.8) is 0 Å². The molecule has 33 heavy (non-hydrogen) atoms. The van der Waals surface area contributed by atoms with Crippen molar-refractivity contribution in [1.29, 1.82) is 0 Å². The molecule has 0 atom stereocenters. The molecule has 4 rings (SSSR count). The average molecular weight is 451 g/mol. The minimum atomic E-state index is -0.164. The van der Waals surface area contributed by atoms with Crippen LogP contribution in [0.15, 0.2) is 49.1 Å². The number of aryl methyl sites for hydroxylation is 2. The average Bonchev–Trinajstić information content (AvgIpc) is 3.36. The van der Waals surface area contributed by atoms with Crippen LogP contribution in [0.25, 0.3) is 22.1 Å². The van der Waals surface area contributed by atoms with E-state index in [1.165, 1.54) is 0 Å². The molecule has 0 unspecified atom stereocenters. The van der Waals surface area contributed by atoms with Gasteiger partial charge in [0.1, 0.15) is 23.7 Å². The maximum Gasteiger partial charge on any atom is 0.148 e. The zero-order chi connectivity index (χ0) is 25.0. The molecule has 4 aromatic rings. The molecule has 178 valence electrons. The first-order valence-electron chi connectivity index (χ1n) is 11.3. The first kappa shape index (κ1) is 27.6. The van der Waals surface area contributed by atoms with Gasteiger partial charge in [-0.15, -0.1) is 6.42 Å². The van der Waals surface area contributed by atoms with Crippen molar-refractivity contribution in [2.45, 2.75) is 54.1 Å². The van der Waals surface area contributed by atoms with Gasteiger partial charge in [-0.25, -0.2) is 9.97 Å². The Morgan fingerprint density at radius 1 is 0.818 bits per heavy atom. The molecule has 0 aliphatic carbocycles. The lowest BCUT2D eigenvalue weighted by molar-refractivity contribution is 0.131. The summed E-state index contributed by atoms with van der Waals surface area (Å²) in [7, 11) is 3.94. The van der Waals surface area contributed by atoms with E-state index in [9.17, 15) is 0 Å². The third-order valence-corrected chi connectivity index (χ3v) is 4.14. The third-order valence-electron chi connectivity index (χ3n) is 4.14. The Labute approximate surface area is 198 Å². The van der Waals surface area contributed by atoms with Gasteiger partial charge in [0.05, 0.1) is 34.7 Å². The standard InChI is InChI=1S/C12H16N2O.C11H10N2O.2C2H6/c1-12(2,3)15-9-5-6-11-10(7-9)13-8-14(11)4;1-3-6-14-9-4-5-11-10(7-9)12-8-13(11)2;2*1-2/h5-8H,1-4H3;1,4-5,7-8H,6H2,2H3;2*1-2H3. The molecule has 0 spiro atoms. The molecule has 0 bridgehead atoms. The van der Waals surface area contributed by atoms with Gasteiger partial charge < -0.3 is 18.6 Å². The van der Waals surface area contributed by atoms with E-state index in [1.54, 1.807) is 6.33 Å². The summed E-state index contributed by atoms with van der Waals surface area (Å²) in [5, 5.41) is 0. The summed E-state index contributed by atoms with van der Waals surface area (Å²) >= 11 is 0. The van der Waals surface area contributed by atoms with Crippen LogP contribution in [0.5, 0.6) is 11.5 Å². The van der Waals surface area contributed by atoms with E-state index in [1.807, 2.05) is 114 Å². The molecule has 0 amide bonds. The summed E-state index contributed by atoms with van der Waals surface area (Å²) in [4.78, 5) is 8.51. The van der Waals surface area contributed by atoms with Crippen LogP contribution in [0.1, 0.15) is 48.5 Å². The van der Waals surface area contributed by atoms with Crippen molar-refractivity contribution >= 4 is 22.1 Å². The number of benzene rings is 2. The number of rotatable bonds is 3. The van der Waals surface area contributed by atoms with Crippen LogP contribution in [0.4, 0.5) is 0 Å². The van der Waals surface area contributed by atoms with E-state index < -0.39 is 0 Å². The Hall–Kier alpha value is -3.46. The molecular formula is C27H38N4O2. The van der Waals surface area contributed by atoms with E-state index in [4.69, 9.17) is 15.9 Å². The molecule has 0 aliphatic heterocycles. The van der Waals surface area contributed by atoms with E-state index in [0.717, 1.165) is 33.6 Å². The van der Waals surface area contributed by atoms with Crippen molar-refractivity contribution in [2.75, 3.05) is 6.61 Å². The van der Waals surface area contributed by atoms with Crippen molar-refractivity contribution in [1.82, 2.24) is 19.1 Å². The number of hydrogen-bond acceptors (Lipinski definition) is 4. The lowest BCUT2D eigenvalue weighted by Gasteiger charge is -2.21. The summed E-state index contributed by atoms with van der Waals surface area (Å²) in [5.41, 5.74) is 3.93. The van der Waals surface area contributed by atoms with Crippen LogP contribution in [0.2, 0.25) is 0 Å². The van der Waals surface area contributed by atoms with E-state index in [2.05, 4.69) is 15.9 Å². The highest BCUT2D eigenvalue weighted by Gasteiger charge is 2.12. The molecule has 2 aromatic heterocycles. The molecule has 6 heteroatoms. The topological polar surface area (TPSA) is 54.1 Å². The molecular weight excluding hydrogens is 412 g/mol. The van der Waals surface area contributed by atoms with Crippen molar-refractivity contribution < 1.29 is 9.47 Å². The van der Waals surface area contributed by atoms with E-state index in [-0.39, 0.29) is 5.60 Å². The van der Waals surface area contributed by atoms with Crippen LogP contribution >= 0.6 is 0 Å². The highest BCUT2D eigenvalue weighted by molar-refractivity contribution is 5.77. The molecule has 0 aliphatic rings. The fourth-order valence-corrected chi connectivity index (χ4v) is 2.86. The van der Waals surface area contributed by atoms with Crippen LogP contribution in [-0.4, -0.2) is 31.3 Å². The smallest absolute Gasteiger partial charge is 0.148 e. The Morgan fingerprint density at radius 2 is 1.27 bits per heavy atom. The molecule has 0 saturated carbocycles. The van der Waals surface area contributed by atoms with Gasteiger partial charge in [0, 0.05) is 26.2 Å². The molecule has 2 heterocycles. The second kappa shape index (κ2) is 13.2. The number of aromatic nitrogens is 4. The Kier molecular flexibility index (Phi) is 11.0. The van der Waals surface area contributed by atoms with Gasteiger partial charge in [0.2, 0.25) is 0 Å². The number of fused-ring (bicyclic) bond motifs is 2. The number of ether oxygens (including phenoxy) is 2. The minimum Gasteiger partial charge on any atom is -0.488 e. The van der Waals surface area contributed by atoms with Crippen LogP contribution in [0, 0.1) is 12.3 Å².